The van der Waals surface area contributed by atoms with Gasteiger partial charge in [0.15, 0.2) is 0 Å². The molecule has 2 fully saturated rings. The summed E-state index contributed by atoms with van der Waals surface area (Å²) in [6, 6.07) is 10.3. The van der Waals surface area contributed by atoms with Gasteiger partial charge in [0.1, 0.15) is 5.72 Å². The highest BCUT2D eigenvalue weighted by atomic mass is 16.5. The van der Waals surface area contributed by atoms with Crippen molar-refractivity contribution in [2.75, 3.05) is 13.2 Å². The summed E-state index contributed by atoms with van der Waals surface area (Å²) in [5.41, 5.74) is 0.905. The first-order valence-corrected chi connectivity index (χ1v) is 5.79. The van der Waals surface area contributed by atoms with Crippen LogP contribution in [-0.2, 0) is 16.0 Å². The molecule has 16 heavy (non-hydrogen) atoms. The summed E-state index contributed by atoms with van der Waals surface area (Å²) in [6.45, 7) is 1.43. The fourth-order valence-corrected chi connectivity index (χ4v) is 2.75. The van der Waals surface area contributed by atoms with E-state index in [0.717, 1.165) is 19.4 Å². The Morgan fingerprint density at radius 2 is 2.12 bits per heavy atom. The number of carbonyl (C=O) groups excluding carboxylic acids is 1. The van der Waals surface area contributed by atoms with E-state index < -0.39 is 0 Å². The lowest BCUT2D eigenvalue weighted by atomic mass is 10.0. The minimum absolute atomic E-state index is 0.244. The van der Waals surface area contributed by atoms with E-state index in [0.29, 0.717) is 13.0 Å². The number of carbonyl (C=O) groups is 1. The van der Waals surface area contributed by atoms with Crippen molar-refractivity contribution in [3.63, 3.8) is 0 Å². The molecule has 1 unspecified atom stereocenters. The topological polar surface area (TPSA) is 29.5 Å². The van der Waals surface area contributed by atoms with Crippen molar-refractivity contribution in [3.8, 4) is 0 Å². The van der Waals surface area contributed by atoms with Crippen molar-refractivity contribution >= 4 is 5.91 Å². The van der Waals surface area contributed by atoms with Gasteiger partial charge in [0.2, 0.25) is 5.91 Å². The lowest BCUT2D eigenvalue weighted by molar-refractivity contribution is -0.136. The Hall–Kier alpha value is -1.35. The fraction of sp³-hybridized carbons (Fsp3) is 0.462. The van der Waals surface area contributed by atoms with Gasteiger partial charge in [-0.2, -0.15) is 0 Å². The Labute approximate surface area is 95.0 Å². The predicted molar refractivity (Wildman–Crippen MR) is 59.8 cm³/mol. The van der Waals surface area contributed by atoms with Crippen LogP contribution in [0.25, 0.3) is 0 Å². The van der Waals surface area contributed by atoms with Crippen molar-refractivity contribution in [1.82, 2.24) is 4.90 Å². The van der Waals surface area contributed by atoms with Crippen LogP contribution in [0.1, 0.15) is 18.4 Å². The maximum absolute atomic E-state index is 11.7. The molecule has 0 saturated carbocycles. The van der Waals surface area contributed by atoms with Crippen LogP contribution >= 0.6 is 0 Å². The molecular formula is C13H15NO2. The average Bonchev–Trinajstić information content (AvgIpc) is 2.82. The molecule has 0 aliphatic carbocycles. The summed E-state index contributed by atoms with van der Waals surface area (Å²) >= 11 is 0. The number of ether oxygens (including phenoxy) is 1. The van der Waals surface area contributed by atoms with Gasteiger partial charge in [0, 0.05) is 25.8 Å². The molecule has 0 N–H and O–H groups in total. The molecule has 3 rings (SSSR count). The molecule has 2 saturated heterocycles. The lowest BCUT2D eigenvalue weighted by Gasteiger charge is -2.30. The first-order valence-electron chi connectivity index (χ1n) is 5.79. The summed E-state index contributed by atoms with van der Waals surface area (Å²) in [5, 5.41) is 0. The number of hydrogen-bond donors (Lipinski definition) is 0. The van der Waals surface area contributed by atoms with Crippen LogP contribution < -0.4 is 0 Å². The largest absolute Gasteiger partial charge is 0.353 e. The second-order valence-electron chi connectivity index (χ2n) is 4.50. The minimum Gasteiger partial charge on any atom is -0.353 e. The summed E-state index contributed by atoms with van der Waals surface area (Å²) in [6.07, 6.45) is 2.28. The van der Waals surface area contributed by atoms with Gasteiger partial charge in [-0.1, -0.05) is 30.3 Å². The quantitative estimate of drug-likeness (QED) is 0.752. The highest BCUT2D eigenvalue weighted by molar-refractivity contribution is 5.79. The van der Waals surface area contributed by atoms with Gasteiger partial charge in [0.25, 0.3) is 0 Å². The Balaban J connectivity index is 1.86. The lowest BCUT2D eigenvalue weighted by Crippen LogP contribution is -2.43. The monoisotopic (exact) mass is 217 g/mol. The summed E-state index contributed by atoms with van der Waals surface area (Å²) in [7, 11) is 0. The van der Waals surface area contributed by atoms with E-state index in [1.54, 1.807) is 0 Å². The molecule has 1 atom stereocenters. The second kappa shape index (κ2) is 3.59. The Morgan fingerprint density at radius 3 is 2.94 bits per heavy atom. The average molecular weight is 217 g/mol. The van der Waals surface area contributed by atoms with Gasteiger partial charge >= 0.3 is 0 Å². The highest BCUT2D eigenvalue weighted by Gasteiger charge is 2.49. The first kappa shape index (κ1) is 9.85. The number of benzene rings is 1. The molecule has 0 bridgehead atoms. The third kappa shape index (κ3) is 1.43. The molecule has 3 heteroatoms. The molecule has 0 spiro atoms. The normalized spacial score (nSPS) is 28.5. The molecule has 1 aromatic carbocycles. The van der Waals surface area contributed by atoms with Crippen molar-refractivity contribution in [1.29, 1.82) is 0 Å². The van der Waals surface area contributed by atoms with Crippen molar-refractivity contribution < 1.29 is 9.53 Å². The smallest absolute Gasteiger partial charge is 0.225 e. The first-order chi connectivity index (χ1) is 7.80. The van der Waals surface area contributed by atoms with E-state index in [1.165, 1.54) is 5.56 Å². The fourth-order valence-electron chi connectivity index (χ4n) is 2.75. The van der Waals surface area contributed by atoms with Crippen LogP contribution in [-0.4, -0.2) is 29.7 Å². The molecule has 2 heterocycles. The maximum Gasteiger partial charge on any atom is 0.225 e. The van der Waals surface area contributed by atoms with Crippen molar-refractivity contribution in [2.45, 2.75) is 25.0 Å². The van der Waals surface area contributed by atoms with Crippen LogP contribution in [0, 0.1) is 0 Å². The van der Waals surface area contributed by atoms with Crippen molar-refractivity contribution in [3.05, 3.63) is 35.9 Å². The van der Waals surface area contributed by atoms with Gasteiger partial charge < -0.3 is 9.64 Å². The van der Waals surface area contributed by atoms with Crippen LogP contribution in [0.5, 0.6) is 0 Å². The number of fused-ring (bicyclic) bond motifs is 1. The zero-order chi connectivity index (χ0) is 11.0. The van der Waals surface area contributed by atoms with Gasteiger partial charge in [-0.3, -0.25) is 4.79 Å². The number of amides is 1. The maximum atomic E-state index is 11.7. The minimum atomic E-state index is -0.335. The standard InChI is InChI=1S/C13H15NO2/c15-12-6-7-13(14(12)8-9-16-13)10-11-4-2-1-3-5-11/h1-5H,6-10H2. The molecular weight excluding hydrogens is 202 g/mol. The molecule has 0 aromatic heterocycles. The van der Waals surface area contributed by atoms with E-state index in [2.05, 4.69) is 12.1 Å². The van der Waals surface area contributed by atoms with Gasteiger partial charge in [-0.05, 0) is 5.56 Å². The van der Waals surface area contributed by atoms with E-state index in [1.807, 2.05) is 23.1 Å². The predicted octanol–water partition coefficient (Wildman–Crippen LogP) is 1.58. The summed E-state index contributed by atoms with van der Waals surface area (Å²) in [5.74, 6) is 0.244. The third-order valence-corrected chi connectivity index (χ3v) is 3.53. The van der Waals surface area contributed by atoms with Gasteiger partial charge in [0.05, 0.1) is 6.61 Å². The number of rotatable bonds is 2. The number of hydrogen-bond acceptors (Lipinski definition) is 2. The van der Waals surface area contributed by atoms with Gasteiger partial charge in [-0.25, -0.2) is 0 Å². The molecule has 3 nitrogen and oxygen atoms in total. The highest BCUT2D eigenvalue weighted by Crippen LogP contribution is 2.37. The third-order valence-electron chi connectivity index (χ3n) is 3.53. The molecule has 2 aliphatic heterocycles. The second-order valence-corrected chi connectivity index (χ2v) is 4.50. The molecule has 84 valence electrons. The SMILES string of the molecule is O=C1CCC2(Cc3ccccc3)OCCN12. The van der Waals surface area contributed by atoms with Gasteiger partial charge in [-0.15, -0.1) is 0 Å². The van der Waals surface area contributed by atoms with Crippen molar-refractivity contribution in [2.24, 2.45) is 0 Å². The van der Waals surface area contributed by atoms with Crippen LogP contribution in [0.2, 0.25) is 0 Å². The van der Waals surface area contributed by atoms with Crippen LogP contribution in [0.4, 0.5) is 0 Å². The number of nitrogens with zero attached hydrogens (tertiary/aromatic N) is 1. The zero-order valence-electron chi connectivity index (χ0n) is 9.19. The van der Waals surface area contributed by atoms with E-state index in [-0.39, 0.29) is 11.6 Å². The summed E-state index contributed by atoms with van der Waals surface area (Å²) < 4.78 is 5.84. The van der Waals surface area contributed by atoms with E-state index >= 15 is 0 Å². The van der Waals surface area contributed by atoms with Crippen LogP contribution in [0.15, 0.2) is 30.3 Å². The van der Waals surface area contributed by atoms with E-state index in [4.69, 9.17) is 4.74 Å². The molecule has 2 aliphatic rings. The summed E-state index contributed by atoms with van der Waals surface area (Å²) in [4.78, 5) is 13.6. The molecule has 1 aromatic rings. The zero-order valence-corrected chi connectivity index (χ0v) is 9.19. The molecule has 1 amide bonds. The van der Waals surface area contributed by atoms with E-state index in [9.17, 15) is 4.79 Å². The molecule has 0 radical (unpaired) electrons. The Morgan fingerprint density at radius 1 is 1.31 bits per heavy atom. The van der Waals surface area contributed by atoms with Crippen LogP contribution in [0.3, 0.4) is 0 Å². The Kier molecular flexibility index (Phi) is 2.21. The Bertz CT molecular complexity index is 404.